The molecule has 2 aromatic carbocycles. The molecule has 8 nitrogen and oxygen atoms in total. The zero-order chi connectivity index (χ0) is 21.7. The molecule has 1 amide bonds. The van der Waals surface area contributed by atoms with Gasteiger partial charge in [-0.05, 0) is 36.1 Å². The zero-order valence-electron chi connectivity index (χ0n) is 17.1. The van der Waals surface area contributed by atoms with Crippen LogP contribution in [0.1, 0.15) is 30.4 Å². The number of amides is 1. The summed E-state index contributed by atoms with van der Waals surface area (Å²) in [6.07, 6.45) is 5.26. The summed E-state index contributed by atoms with van der Waals surface area (Å²) in [5.74, 6) is -0.258. The highest BCUT2D eigenvalue weighted by atomic mass is 32.2. The van der Waals surface area contributed by atoms with Gasteiger partial charge in [0.15, 0.2) is 0 Å². The SMILES string of the molecule is O=C(NCc1ccc(Cn2cncn2)cc1)C1CCCCN1S(=O)(=O)c1ccccc1. The highest BCUT2D eigenvalue weighted by Gasteiger charge is 2.37. The van der Waals surface area contributed by atoms with Gasteiger partial charge in [-0.1, -0.05) is 48.9 Å². The summed E-state index contributed by atoms with van der Waals surface area (Å²) in [5.41, 5.74) is 2.02. The molecular formula is C22H25N5O3S. The van der Waals surface area contributed by atoms with Gasteiger partial charge in [-0.15, -0.1) is 0 Å². The Bertz CT molecular complexity index is 1100. The van der Waals surface area contributed by atoms with Crippen molar-refractivity contribution < 1.29 is 13.2 Å². The summed E-state index contributed by atoms with van der Waals surface area (Å²) < 4.78 is 29.2. The first kappa shape index (κ1) is 21.2. The number of nitrogens with one attached hydrogen (secondary N) is 1. The van der Waals surface area contributed by atoms with E-state index in [1.165, 1.54) is 10.6 Å². The van der Waals surface area contributed by atoms with Crippen LogP contribution in [0.5, 0.6) is 0 Å². The molecule has 0 aliphatic carbocycles. The summed E-state index contributed by atoms with van der Waals surface area (Å²) in [6.45, 7) is 1.32. The highest BCUT2D eigenvalue weighted by molar-refractivity contribution is 7.89. The van der Waals surface area contributed by atoms with Crippen molar-refractivity contribution in [2.24, 2.45) is 0 Å². The van der Waals surface area contributed by atoms with E-state index in [2.05, 4.69) is 15.4 Å². The van der Waals surface area contributed by atoms with Crippen LogP contribution in [0.2, 0.25) is 0 Å². The number of rotatable bonds is 7. The zero-order valence-corrected chi connectivity index (χ0v) is 17.9. The molecule has 0 radical (unpaired) electrons. The van der Waals surface area contributed by atoms with Gasteiger partial charge in [-0.25, -0.2) is 18.1 Å². The summed E-state index contributed by atoms with van der Waals surface area (Å²) in [5, 5.41) is 7.00. The van der Waals surface area contributed by atoms with Crippen LogP contribution in [0.15, 0.2) is 72.1 Å². The average molecular weight is 440 g/mol. The van der Waals surface area contributed by atoms with E-state index in [-0.39, 0.29) is 10.8 Å². The molecule has 4 rings (SSSR count). The Morgan fingerprint density at radius 1 is 1.03 bits per heavy atom. The highest BCUT2D eigenvalue weighted by Crippen LogP contribution is 2.25. The van der Waals surface area contributed by atoms with Crippen molar-refractivity contribution in [3.05, 3.63) is 78.4 Å². The molecule has 0 saturated carbocycles. The second-order valence-corrected chi connectivity index (χ2v) is 9.46. The molecule has 1 unspecified atom stereocenters. The Morgan fingerprint density at radius 2 is 1.77 bits per heavy atom. The topological polar surface area (TPSA) is 97.2 Å². The van der Waals surface area contributed by atoms with Crippen LogP contribution in [-0.4, -0.2) is 46.0 Å². The molecule has 31 heavy (non-hydrogen) atoms. The van der Waals surface area contributed by atoms with Gasteiger partial charge in [0.05, 0.1) is 11.4 Å². The lowest BCUT2D eigenvalue weighted by Gasteiger charge is -2.33. The van der Waals surface area contributed by atoms with Crippen molar-refractivity contribution in [2.75, 3.05) is 6.54 Å². The summed E-state index contributed by atoms with van der Waals surface area (Å²) in [6, 6.07) is 15.5. The van der Waals surface area contributed by atoms with E-state index in [4.69, 9.17) is 0 Å². The molecule has 2 heterocycles. The van der Waals surface area contributed by atoms with Gasteiger partial charge in [0, 0.05) is 13.1 Å². The number of carbonyl (C=O) groups excluding carboxylic acids is 1. The van der Waals surface area contributed by atoms with E-state index in [9.17, 15) is 13.2 Å². The lowest BCUT2D eigenvalue weighted by Crippen LogP contribution is -2.51. The van der Waals surface area contributed by atoms with Gasteiger partial charge in [-0.3, -0.25) is 4.79 Å². The molecule has 1 N–H and O–H groups in total. The van der Waals surface area contributed by atoms with E-state index in [1.807, 2.05) is 24.3 Å². The van der Waals surface area contributed by atoms with Gasteiger partial charge < -0.3 is 5.32 Å². The Kier molecular flexibility index (Phi) is 6.43. The first-order valence-electron chi connectivity index (χ1n) is 10.3. The van der Waals surface area contributed by atoms with E-state index < -0.39 is 16.1 Å². The molecule has 0 spiro atoms. The van der Waals surface area contributed by atoms with Crippen LogP contribution >= 0.6 is 0 Å². The first-order chi connectivity index (χ1) is 15.0. The number of piperidine rings is 1. The van der Waals surface area contributed by atoms with Crippen LogP contribution in [-0.2, 0) is 27.9 Å². The van der Waals surface area contributed by atoms with E-state index in [0.29, 0.717) is 26.1 Å². The second-order valence-electron chi connectivity index (χ2n) is 7.57. The Labute approximate surface area is 182 Å². The maximum absolute atomic E-state index is 13.1. The second kappa shape index (κ2) is 9.40. The molecular weight excluding hydrogens is 414 g/mol. The Morgan fingerprint density at radius 3 is 2.48 bits per heavy atom. The van der Waals surface area contributed by atoms with Crippen LogP contribution < -0.4 is 5.32 Å². The van der Waals surface area contributed by atoms with E-state index in [0.717, 1.165) is 24.0 Å². The number of hydrogen-bond donors (Lipinski definition) is 1. The Balaban J connectivity index is 1.40. The minimum absolute atomic E-state index is 0.220. The van der Waals surface area contributed by atoms with Crippen molar-refractivity contribution in [2.45, 2.75) is 43.3 Å². The number of benzene rings is 2. The standard InChI is InChI=1S/C22H25N5O3S/c28-22(24-14-18-9-11-19(12-10-18)15-26-17-23-16-25-26)21-8-4-5-13-27(21)31(29,30)20-6-2-1-3-7-20/h1-3,6-7,9-12,16-17,21H,4-5,8,13-15H2,(H,24,28). The fourth-order valence-electron chi connectivity index (χ4n) is 3.75. The maximum Gasteiger partial charge on any atom is 0.243 e. The minimum atomic E-state index is -3.71. The van der Waals surface area contributed by atoms with Gasteiger partial charge in [0.25, 0.3) is 0 Å². The molecule has 1 aliphatic heterocycles. The summed E-state index contributed by atoms with van der Waals surface area (Å²) >= 11 is 0. The molecule has 1 saturated heterocycles. The third-order valence-electron chi connectivity index (χ3n) is 5.41. The molecule has 1 fully saturated rings. The van der Waals surface area contributed by atoms with Crippen LogP contribution in [0.4, 0.5) is 0 Å². The van der Waals surface area contributed by atoms with Crippen LogP contribution in [0.3, 0.4) is 0 Å². The number of nitrogens with zero attached hydrogens (tertiary/aromatic N) is 4. The first-order valence-corrected chi connectivity index (χ1v) is 11.7. The van der Waals surface area contributed by atoms with Gasteiger partial charge in [0.2, 0.25) is 15.9 Å². The minimum Gasteiger partial charge on any atom is -0.351 e. The van der Waals surface area contributed by atoms with Gasteiger partial charge >= 0.3 is 0 Å². The Hall–Kier alpha value is -3.04. The van der Waals surface area contributed by atoms with Crippen molar-refractivity contribution in [3.8, 4) is 0 Å². The molecule has 3 aromatic rings. The lowest BCUT2D eigenvalue weighted by atomic mass is 10.0. The van der Waals surface area contributed by atoms with Crippen molar-refractivity contribution in [1.29, 1.82) is 0 Å². The molecule has 1 aliphatic rings. The molecule has 9 heteroatoms. The normalized spacial score (nSPS) is 17.4. The van der Waals surface area contributed by atoms with Crippen LogP contribution in [0.25, 0.3) is 0 Å². The van der Waals surface area contributed by atoms with Crippen LogP contribution in [0, 0.1) is 0 Å². The smallest absolute Gasteiger partial charge is 0.243 e. The average Bonchev–Trinajstić information content (AvgIpc) is 3.32. The number of aromatic nitrogens is 3. The third-order valence-corrected chi connectivity index (χ3v) is 7.33. The fraction of sp³-hybridized carbons (Fsp3) is 0.318. The summed E-state index contributed by atoms with van der Waals surface area (Å²) in [7, 11) is -3.71. The van der Waals surface area contributed by atoms with E-state index in [1.54, 1.807) is 41.3 Å². The number of sulfonamides is 1. The fourth-order valence-corrected chi connectivity index (χ4v) is 5.43. The van der Waals surface area contributed by atoms with Crippen molar-refractivity contribution in [3.63, 3.8) is 0 Å². The van der Waals surface area contributed by atoms with Gasteiger partial charge in [-0.2, -0.15) is 9.40 Å². The largest absolute Gasteiger partial charge is 0.351 e. The van der Waals surface area contributed by atoms with Crippen molar-refractivity contribution >= 4 is 15.9 Å². The van der Waals surface area contributed by atoms with Gasteiger partial charge in [0.1, 0.15) is 18.7 Å². The number of carbonyl (C=O) groups is 1. The summed E-state index contributed by atoms with van der Waals surface area (Å²) in [4.78, 5) is 17.1. The van der Waals surface area contributed by atoms with E-state index >= 15 is 0 Å². The monoisotopic (exact) mass is 439 g/mol. The molecule has 1 aromatic heterocycles. The predicted molar refractivity (Wildman–Crippen MR) is 115 cm³/mol. The van der Waals surface area contributed by atoms with Crippen molar-refractivity contribution in [1.82, 2.24) is 24.4 Å². The third kappa shape index (κ3) is 5.00. The quantitative estimate of drug-likeness (QED) is 0.609. The predicted octanol–water partition coefficient (Wildman–Crippen LogP) is 2.19. The molecule has 1 atom stereocenters. The molecule has 162 valence electrons. The lowest BCUT2D eigenvalue weighted by molar-refractivity contribution is -0.125. The number of hydrogen-bond acceptors (Lipinski definition) is 5. The molecule has 0 bridgehead atoms. The maximum atomic E-state index is 13.1.